The van der Waals surface area contributed by atoms with Crippen LogP contribution in [0.5, 0.6) is 0 Å². The first-order chi connectivity index (χ1) is 10.3. The third-order valence-corrected chi connectivity index (χ3v) is 3.49. The molecule has 2 rings (SSSR count). The van der Waals surface area contributed by atoms with Gasteiger partial charge in [-0.2, -0.15) is 13.2 Å². The number of nitrogens with zero attached hydrogens (tertiary/aromatic N) is 1. The summed E-state index contributed by atoms with van der Waals surface area (Å²) in [5.74, 6) is -3.32. The second kappa shape index (κ2) is 6.25. The van der Waals surface area contributed by atoms with Crippen molar-refractivity contribution in [1.29, 1.82) is 0 Å². The molecule has 1 aliphatic heterocycles. The predicted molar refractivity (Wildman–Crippen MR) is 68.9 cm³/mol. The molecular formula is C14H14F3NO4. The van der Waals surface area contributed by atoms with Crippen LogP contribution in [-0.2, 0) is 16.1 Å². The quantitative estimate of drug-likeness (QED) is 0.931. The minimum absolute atomic E-state index is 0.126. The van der Waals surface area contributed by atoms with E-state index in [-0.39, 0.29) is 6.61 Å². The Bertz CT molecular complexity index is 547. The number of amides is 1. The predicted octanol–water partition coefficient (Wildman–Crippen LogP) is 2.66. The van der Waals surface area contributed by atoms with Gasteiger partial charge in [-0.25, -0.2) is 9.59 Å². The van der Waals surface area contributed by atoms with E-state index in [1.807, 2.05) is 0 Å². The van der Waals surface area contributed by atoms with Gasteiger partial charge in [-0.3, -0.25) is 4.90 Å². The topological polar surface area (TPSA) is 66.8 Å². The molecule has 0 radical (unpaired) electrons. The molecule has 0 aromatic heterocycles. The van der Waals surface area contributed by atoms with Crippen LogP contribution in [0.25, 0.3) is 0 Å². The molecule has 8 heteroatoms. The third kappa shape index (κ3) is 3.69. The Hall–Kier alpha value is -2.25. The van der Waals surface area contributed by atoms with Gasteiger partial charge in [-0.1, -0.05) is 30.3 Å². The first kappa shape index (κ1) is 16.1. The fourth-order valence-electron chi connectivity index (χ4n) is 2.31. The van der Waals surface area contributed by atoms with Crippen LogP contribution < -0.4 is 0 Å². The van der Waals surface area contributed by atoms with Crippen molar-refractivity contribution < 1.29 is 32.6 Å². The molecule has 0 spiro atoms. The zero-order valence-corrected chi connectivity index (χ0v) is 11.4. The Balaban J connectivity index is 2.02. The fraction of sp³-hybridized carbons (Fsp3) is 0.429. The van der Waals surface area contributed by atoms with Gasteiger partial charge in [0.1, 0.15) is 12.6 Å². The van der Waals surface area contributed by atoms with Crippen LogP contribution in [0, 0.1) is 5.92 Å². The van der Waals surface area contributed by atoms with Crippen molar-refractivity contribution >= 4 is 12.1 Å². The highest BCUT2D eigenvalue weighted by atomic mass is 19.4. The second-order valence-corrected chi connectivity index (χ2v) is 5.02. The number of benzene rings is 1. The molecule has 0 unspecified atom stereocenters. The standard InChI is InChI=1S/C14H14F3NO4/c15-14(16,17)10-6-11(12(19)20)18(7-10)13(21)22-8-9-4-2-1-3-5-9/h1-5,10-11H,6-8H2,(H,19,20)/t10-,11+/m1/s1. The molecule has 1 saturated heterocycles. The number of carboxylic acid groups (broad SMARTS) is 1. The molecule has 120 valence electrons. The second-order valence-electron chi connectivity index (χ2n) is 5.02. The normalized spacial score (nSPS) is 21.7. The Morgan fingerprint density at radius 2 is 1.91 bits per heavy atom. The summed E-state index contributed by atoms with van der Waals surface area (Å²) in [4.78, 5) is 23.6. The van der Waals surface area contributed by atoms with Crippen molar-refractivity contribution in [1.82, 2.24) is 4.90 Å². The third-order valence-electron chi connectivity index (χ3n) is 3.49. The molecule has 1 aromatic rings. The van der Waals surface area contributed by atoms with Crippen LogP contribution in [0.3, 0.4) is 0 Å². The van der Waals surface area contributed by atoms with E-state index in [0.29, 0.717) is 10.5 Å². The van der Waals surface area contributed by atoms with Crippen molar-refractivity contribution in [3.8, 4) is 0 Å². The summed E-state index contributed by atoms with van der Waals surface area (Å²) in [6, 6.07) is 7.06. The zero-order valence-electron chi connectivity index (χ0n) is 11.4. The molecule has 0 aliphatic carbocycles. The zero-order chi connectivity index (χ0) is 16.3. The lowest BCUT2D eigenvalue weighted by molar-refractivity contribution is -0.170. The van der Waals surface area contributed by atoms with Crippen molar-refractivity contribution in [2.75, 3.05) is 6.54 Å². The molecule has 5 nitrogen and oxygen atoms in total. The van der Waals surface area contributed by atoms with Gasteiger partial charge in [0, 0.05) is 6.54 Å². The van der Waals surface area contributed by atoms with Crippen molar-refractivity contribution in [2.45, 2.75) is 25.2 Å². The summed E-state index contributed by atoms with van der Waals surface area (Å²) >= 11 is 0. The van der Waals surface area contributed by atoms with Gasteiger partial charge >= 0.3 is 18.2 Å². The minimum Gasteiger partial charge on any atom is -0.480 e. The number of ether oxygens (including phenoxy) is 1. The minimum atomic E-state index is -4.54. The largest absolute Gasteiger partial charge is 0.480 e. The molecule has 1 aliphatic rings. The number of carbonyl (C=O) groups excluding carboxylic acids is 1. The van der Waals surface area contributed by atoms with Gasteiger partial charge in [0.25, 0.3) is 0 Å². The lowest BCUT2D eigenvalue weighted by atomic mass is 10.1. The van der Waals surface area contributed by atoms with Crippen LogP contribution in [-0.4, -0.2) is 40.8 Å². The average molecular weight is 317 g/mol. The Labute approximate surface area is 124 Å². The smallest absolute Gasteiger partial charge is 0.410 e. The fourth-order valence-corrected chi connectivity index (χ4v) is 2.31. The SMILES string of the molecule is O=C(O)[C@@H]1C[C@@H](C(F)(F)F)CN1C(=O)OCc1ccccc1. The lowest BCUT2D eigenvalue weighted by Gasteiger charge is -2.21. The number of halogens is 3. The van der Waals surface area contributed by atoms with Gasteiger partial charge < -0.3 is 9.84 Å². The van der Waals surface area contributed by atoms with Gasteiger partial charge in [0.05, 0.1) is 5.92 Å². The number of rotatable bonds is 3. The number of hydrogen-bond donors (Lipinski definition) is 1. The van der Waals surface area contributed by atoms with Crippen molar-refractivity contribution in [3.63, 3.8) is 0 Å². The van der Waals surface area contributed by atoms with Crippen molar-refractivity contribution in [2.24, 2.45) is 5.92 Å². The molecule has 22 heavy (non-hydrogen) atoms. The van der Waals surface area contributed by atoms with E-state index in [9.17, 15) is 22.8 Å². The molecule has 1 aromatic carbocycles. The monoisotopic (exact) mass is 317 g/mol. The van der Waals surface area contributed by atoms with Crippen LogP contribution in [0.4, 0.5) is 18.0 Å². The summed E-state index contributed by atoms with van der Waals surface area (Å²) < 4.78 is 43.0. The molecule has 1 amide bonds. The first-order valence-electron chi connectivity index (χ1n) is 6.56. The Morgan fingerprint density at radius 3 is 2.45 bits per heavy atom. The Morgan fingerprint density at radius 1 is 1.27 bits per heavy atom. The number of aliphatic carboxylic acids is 1. The maximum Gasteiger partial charge on any atom is 0.410 e. The number of carbonyl (C=O) groups is 2. The molecule has 1 N–H and O–H groups in total. The average Bonchev–Trinajstić information content (AvgIpc) is 2.91. The van der Waals surface area contributed by atoms with E-state index in [0.717, 1.165) is 0 Å². The number of carboxylic acids is 1. The molecule has 1 fully saturated rings. The first-order valence-corrected chi connectivity index (χ1v) is 6.56. The highest BCUT2D eigenvalue weighted by Gasteiger charge is 2.51. The lowest BCUT2D eigenvalue weighted by Crippen LogP contribution is -2.41. The van der Waals surface area contributed by atoms with E-state index in [2.05, 4.69) is 0 Å². The van der Waals surface area contributed by atoms with Crippen LogP contribution in [0.1, 0.15) is 12.0 Å². The number of hydrogen-bond acceptors (Lipinski definition) is 3. The van der Waals surface area contributed by atoms with E-state index in [4.69, 9.17) is 9.84 Å². The summed E-state index contributed by atoms with van der Waals surface area (Å²) in [6.45, 7) is -0.826. The molecule has 2 atom stereocenters. The molecular weight excluding hydrogens is 303 g/mol. The van der Waals surface area contributed by atoms with Crippen molar-refractivity contribution in [3.05, 3.63) is 35.9 Å². The van der Waals surface area contributed by atoms with E-state index in [1.54, 1.807) is 30.3 Å². The number of likely N-dealkylation sites (tertiary alicyclic amines) is 1. The Kier molecular flexibility index (Phi) is 4.58. The van der Waals surface area contributed by atoms with E-state index < -0.39 is 43.2 Å². The van der Waals surface area contributed by atoms with Gasteiger partial charge in [-0.15, -0.1) is 0 Å². The van der Waals surface area contributed by atoms with Crippen LogP contribution in [0.15, 0.2) is 30.3 Å². The molecule has 0 saturated carbocycles. The summed E-state index contributed by atoms with van der Waals surface area (Å²) in [5, 5.41) is 8.98. The van der Waals surface area contributed by atoms with Crippen LogP contribution in [0.2, 0.25) is 0 Å². The number of alkyl halides is 3. The van der Waals surface area contributed by atoms with E-state index in [1.165, 1.54) is 0 Å². The summed E-state index contributed by atoms with van der Waals surface area (Å²) in [7, 11) is 0. The molecule has 1 heterocycles. The highest BCUT2D eigenvalue weighted by molar-refractivity contribution is 5.80. The van der Waals surface area contributed by atoms with Gasteiger partial charge in [0.15, 0.2) is 0 Å². The molecule has 0 bridgehead atoms. The van der Waals surface area contributed by atoms with Crippen LogP contribution >= 0.6 is 0 Å². The maximum atomic E-state index is 12.7. The summed E-state index contributed by atoms with van der Waals surface area (Å²) in [5.41, 5.74) is 0.661. The highest BCUT2D eigenvalue weighted by Crippen LogP contribution is 2.37. The summed E-state index contributed by atoms with van der Waals surface area (Å²) in [6.07, 6.45) is -6.25. The van der Waals surface area contributed by atoms with E-state index >= 15 is 0 Å². The van der Waals surface area contributed by atoms with Gasteiger partial charge in [0.2, 0.25) is 0 Å². The maximum absolute atomic E-state index is 12.7. The van der Waals surface area contributed by atoms with Gasteiger partial charge in [-0.05, 0) is 12.0 Å².